The van der Waals surface area contributed by atoms with E-state index < -0.39 is 10.0 Å². The first kappa shape index (κ1) is 21.0. The minimum absolute atomic E-state index is 0. The van der Waals surface area contributed by atoms with Gasteiger partial charge in [-0.15, -0.1) is 12.4 Å². The van der Waals surface area contributed by atoms with Crippen molar-refractivity contribution in [2.75, 3.05) is 20.8 Å². The van der Waals surface area contributed by atoms with Crippen LogP contribution in [0.5, 0.6) is 11.5 Å². The van der Waals surface area contributed by atoms with Crippen LogP contribution < -0.4 is 19.9 Å². The van der Waals surface area contributed by atoms with Crippen LogP contribution in [0.25, 0.3) is 0 Å². The van der Waals surface area contributed by atoms with E-state index in [1.807, 2.05) is 0 Å². The van der Waals surface area contributed by atoms with Gasteiger partial charge in [0.05, 0.1) is 19.1 Å². The van der Waals surface area contributed by atoms with Crippen molar-refractivity contribution in [3.8, 4) is 11.5 Å². The summed E-state index contributed by atoms with van der Waals surface area (Å²) in [5.41, 5.74) is 5.63. The van der Waals surface area contributed by atoms with Crippen LogP contribution in [0.2, 0.25) is 0 Å². The molecule has 6 nitrogen and oxygen atoms in total. The van der Waals surface area contributed by atoms with Gasteiger partial charge in [0.25, 0.3) is 0 Å². The summed E-state index contributed by atoms with van der Waals surface area (Å²) >= 11 is 0. The molecule has 1 unspecified atom stereocenters. The summed E-state index contributed by atoms with van der Waals surface area (Å²) in [6.45, 7) is 2.32. The molecule has 0 aliphatic heterocycles. The van der Waals surface area contributed by atoms with Crippen molar-refractivity contribution in [3.05, 3.63) is 18.2 Å². The van der Waals surface area contributed by atoms with Crippen molar-refractivity contribution in [2.24, 2.45) is 5.73 Å². The average Bonchev–Trinajstić information content (AvgIpc) is 2.50. The number of rotatable bonds is 9. The molecule has 0 saturated heterocycles. The van der Waals surface area contributed by atoms with Gasteiger partial charge in [-0.3, -0.25) is 0 Å². The number of methoxy groups -OCH3 is 2. The average molecular weight is 353 g/mol. The van der Waals surface area contributed by atoms with Gasteiger partial charge in [0.2, 0.25) is 10.0 Å². The van der Waals surface area contributed by atoms with E-state index in [2.05, 4.69) is 11.6 Å². The molecule has 0 amide bonds. The molecule has 1 rings (SSSR count). The highest BCUT2D eigenvalue weighted by atomic mass is 35.5. The SMILES string of the molecule is CCCCC(CN)NS(=O)(=O)c1ccc(OC)c(OC)c1.Cl. The standard InChI is InChI=1S/C14H24N2O4S.ClH/c1-4-5-6-11(10-15)16-21(17,18)12-7-8-13(19-2)14(9-12)20-3;/h7-9,11,16H,4-6,10,15H2,1-3H3;1H. The summed E-state index contributed by atoms with van der Waals surface area (Å²) in [7, 11) is -0.662. The zero-order chi connectivity index (χ0) is 15.9. The molecule has 1 atom stereocenters. The molecule has 0 saturated carbocycles. The number of unbranched alkanes of at least 4 members (excludes halogenated alkanes) is 1. The van der Waals surface area contributed by atoms with Crippen LogP contribution in [-0.2, 0) is 10.0 Å². The van der Waals surface area contributed by atoms with Crippen LogP contribution in [0.3, 0.4) is 0 Å². The molecule has 1 aromatic carbocycles. The van der Waals surface area contributed by atoms with Crippen molar-refractivity contribution >= 4 is 22.4 Å². The van der Waals surface area contributed by atoms with Crippen LogP contribution in [0.1, 0.15) is 26.2 Å². The maximum absolute atomic E-state index is 12.4. The van der Waals surface area contributed by atoms with E-state index in [9.17, 15) is 8.42 Å². The minimum Gasteiger partial charge on any atom is -0.493 e. The molecule has 0 aliphatic carbocycles. The van der Waals surface area contributed by atoms with Gasteiger partial charge in [-0.2, -0.15) is 0 Å². The summed E-state index contributed by atoms with van der Waals surface area (Å²) < 4.78 is 37.6. The quantitative estimate of drug-likeness (QED) is 0.708. The Morgan fingerprint density at radius 2 is 1.86 bits per heavy atom. The number of nitrogens with two attached hydrogens (primary N) is 1. The summed E-state index contributed by atoms with van der Waals surface area (Å²) in [5, 5.41) is 0. The number of hydrogen-bond donors (Lipinski definition) is 2. The number of ether oxygens (including phenoxy) is 2. The van der Waals surface area contributed by atoms with Crippen LogP contribution in [0.4, 0.5) is 0 Å². The van der Waals surface area contributed by atoms with E-state index in [1.54, 1.807) is 6.07 Å². The molecule has 0 radical (unpaired) electrons. The second-order valence-corrected chi connectivity index (χ2v) is 6.43. The highest BCUT2D eigenvalue weighted by Crippen LogP contribution is 2.29. The van der Waals surface area contributed by atoms with Gasteiger partial charge >= 0.3 is 0 Å². The Labute approximate surface area is 138 Å². The Bertz CT molecular complexity index is 552. The molecule has 0 aromatic heterocycles. The minimum atomic E-state index is -3.63. The first-order valence-corrected chi connectivity index (χ1v) is 8.41. The largest absolute Gasteiger partial charge is 0.493 e. The zero-order valence-electron chi connectivity index (χ0n) is 13.2. The number of sulfonamides is 1. The maximum Gasteiger partial charge on any atom is 0.241 e. The van der Waals surface area contributed by atoms with Gasteiger partial charge in [0.1, 0.15) is 0 Å². The molecule has 8 heteroatoms. The first-order valence-electron chi connectivity index (χ1n) is 6.92. The topological polar surface area (TPSA) is 90.7 Å². The van der Waals surface area contributed by atoms with Crippen molar-refractivity contribution in [3.63, 3.8) is 0 Å². The smallest absolute Gasteiger partial charge is 0.241 e. The van der Waals surface area contributed by atoms with E-state index in [1.165, 1.54) is 26.4 Å². The summed E-state index contributed by atoms with van der Waals surface area (Å²) in [6, 6.07) is 4.23. The van der Waals surface area contributed by atoms with Crippen molar-refractivity contribution in [1.29, 1.82) is 0 Å². The van der Waals surface area contributed by atoms with Crippen LogP contribution in [0, 0.1) is 0 Å². The highest BCUT2D eigenvalue weighted by Gasteiger charge is 2.20. The molecular weight excluding hydrogens is 328 g/mol. The fourth-order valence-corrected chi connectivity index (χ4v) is 3.24. The molecule has 0 spiro atoms. The summed E-state index contributed by atoms with van der Waals surface area (Å²) in [4.78, 5) is 0.134. The van der Waals surface area contributed by atoms with Gasteiger partial charge in [-0.1, -0.05) is 19.8 Å². The second kappa shape index (κ2) is 9.89. The fraction of sp³-hybridized carbons (Fsp3) is 0.571. The first-order chi connectivity index (χ1) is 9.98. The molecule has 0 fully saturated rings. The lowest BCUT2D eigenvalue weighted by atomic mass is 10.1. The van der Waals surface area contributed by atoms with Gasteiger partial charge < -0.3 is 15.2 Å². The summed E-state index contributed by atoms with van der Waals surface area (Å²) in [6.07, 6.45) is 2.64. The van der Waals surface area contributed by atoms with E-state index >= 15 is 0 Å². The van der Waals surface area contributed by atoms with Gasteiger partial charge in [-0.25, -0.2) is 13.1 Å². The molecule has 1 aromatic rings. The van der Waals surface area contributed by atoms with Gasteiger partial charge in [0, 0.05) is 18.7 Å². The summed E-state index contributed by atoms with van der Waals surface area (Å²) in [5.74, 6) is 0.857. The lowest BCUT2D eigenvalue weighted by Crippen LogP contribution is -2.40. The van der Waals surface area contributed by atoms with Crippen molar-refractivity contribution in [2.45, 2.75) is 37.1 Å². The molecule has 22 heavy (non-hydrogen) atoms. The predicted molar refractivity (Wildman–Crippen MR) is 89.5 cm³/mol. The van der Waals surface area contributed by atoms with Crippen molar-refractivity contribution in [1.82, 2.24) is 4.72 Å². The van der Waals surface area contributed by atoms with Gasteiger partial charge in [-0.05, 0) is 18.6 Å². The molecule has 3 N–H and O–H groups in total. The van der Waals surface area contributed by atoms with E-state index in [4.69, 9.17) is 15.2 Å². The lowest BCUT2D eigenvalue weighted by molar-refractivity contribution is 0.354. The predicted octanol–water partition coefficient (Wildman–Crippen LogP) is 1.92. The molecular formula is C14H25ClN2O4S. The van der Waals surface area contributed by atoms with Crippen molar-refractivity contribution < 1.29 is 17.9 Å². The second-order valence-electron chi connectivity index (χ2n) is 4.71. The van der Waals surface area contributed by atoms with E-state index in [0.29, 0.717) is 11.5 Å². The Morgan fingerprint density at radius 3 is 2.36 bits per heavy atom. The third-order valence-electron chi connectivity index (χ3n) is 3.18. The normalized spacial score (nSPS) is 12.4. The number of benzene rings is 1. The van der Waals surface area contributed by atoms with E-state index in [-0.39, 0.29) is 29.9 Å². The Morgan fingerprint density at radius 1 is 1.23 bits per heavy atom. The number of nitrogens with one attached hydrogen (secondary N) is 1. The third-order valence-corrected chi connectivity index (χ3v) is 4.70. The highest BCUT2D eigenvalue weighted by molar-refractivity contribution is 7.89. The monoisotopic (exact) mass is 352 g/mol. The lowest BCUT2D eigenvalue weighted by Gasteiger charge is -2.17. The van der Waals surface area contributed by atoms with Gasteiger partial charge in [0.15, 0.2) is 11.5 Å². The molecule has 0 heterocycles. The molecule has 0 bridgehead atoms. The maximum atomic E-state index is 12.4. The molecule has 0 aliphatic rings. The van der Waals surface area contributed by atoms with Crippen LogP contribution >= 0.6 is 12.4 Å². The fourth-order valence-electron chi connectivity index (χ4n) is 1.95. The molecule has 128 valence electrons. The van der Waals surface area contributed by atoms with Crippen LogP contribution in [-0.4, -0.2) is 35.2 Å². The number of halogens is 1. The zero-order valence-corrected chi connectivity index (χ0v) is 14.8. The Kier molecular flexibility index (Phi) is 9.43. The third kappa shape index (κ3) is 5.64. The van der Waals surface area contributed by atoms with Crippen LogP contribution in [0.15, 0.2) is 23.1 Å². The Hall–Kier alpha value is -1.02. The Balaban J connectivity index is 0.00000441. The number of hydrogen-bond acceptors (Lipinski definition) is 5. The van der Waals surface area contributed by atoms with E-state index in [0.717, 1.165) is 19.3 Å².